The van der Waals surface area contributed by atoms with Crippen LogP contribution in [0.15, 0.2) is 36.4 Å². The summed E-state index contributed by atoms with van der Waals surface area (Å²) in [5.74, 6) is 1.05. The van der Waals surface area contributed by atoms with Gasteiger partial charge in [-0.05, 0) is 79.8 Å². The number of amides is 1. The van der Waals surface area contributed by atoms with Crippen molar-refractivity contribution in [3.05, 3.63) is 58.9 Å². The van der Waals surface area contributed by atoms with Crippen molar-refractivity contribution in [3.8, 4) is 11.5 Å². The van der Waals surface area contributed by atoms with E-state index in [1.165, 1.54) is 24.3 Å². The van der Waals surface area contributed by atoms with E-state index in [0.29, 0.717) is 11.7 Å². The van der Waals surface area contributed by atoms with Gasteiger partial charge in [0.15, 0.2) is 6.10 Å². The Balaban J connectivity index is 2.11. The van der Waals surface area contributed by atoms with Gasteiger partial charge in [-0.2, -0.15) is 0 Å². The normalized spacial score (nSPS) is 13.2. The van der Waals surface area contributed by atoms with Gasteiger partial charge < -0.3 is 14.8 Å². The van der Waals surface area contributed by atoms with Crippen LogP contribution >= 0.6 is 0 Å². The van der Waals surface area contributed by atoms with Gasteiger partial charge in [-0.25, -0.2) is 4.39 Å². The number of aryl methyl sites for hydroxylation is 1. The van der Waals surface area contributed by atoms with Crippen LogP contribution in [0.4, 0.5) is 4.39 Å². The zero-order valence-electron chi connectivity index (χ0n) is 16.8. The molecular formula is C22H28FNO3. The Morgan fingerprint density at radius 3 is 2.22 bits per heavy atom. The van der Waals surface area contributed by atoms with Gasteiger partial charge in [0.2, 0.25) is 0 Å². The molecule has 2 aromatic carbocycles. The third-order valence-electron chi connectivity index (χ3n) is 4.56. The van der Waals surface area contributed by atoms with Crippen LogP contribution in [0.25, 0.3) is 0 Å². The Kier molecular flexibility index (Phi) is 6.83. The molecule has 2 atom stereocenters. The number of hydrogen-bond donors (Lipinski definition) is 1. The fourth-order valence-electron chi connectivity index (χ4n) is 2.99. The molecule has 0 saturated heterocycles. The molecule has 0 fully saturated rings. The van der Waals surface area contributed by atoms with Gasteiger partial charge in [0, 0.05) is 0 Å². The lowest BCUT2D eigenvalue weighted by Gasteiger charge is -2.22. The Morgan fingerprint density at radius 2 is 1.67 bits per heavy atom. The predicted octanol–water partition coefficient (Wildman–Crippen LogP) is 4.91. The molecule has 0 aromatic heterocycles. The highest BCUT2D eigenvalue weighted by Crippen LogP contribution is 2.32. The third kappa shape index (κ3) is 5.22. The number of methoxy groups -OCH3 is 1. The Hall–Kier alpha value is -2.56. The lowest BCUT2D eigenvalue weighted by atomic mass is 9.93. The van der Waals surface area contributed by atoms with Crippen LogP contribution < -0.4 is 14.8 Å². The van der Waals surface area contributed by atoms with Crippen molar-refractivity contribution in [2.45, 2.75) is 52.7 Å². The number of hydrogen-bond acceptors (Lipinski definition) is 3. The summed E-state index contributed by atoms with van der Waals surface area (Å²) in [4.78, 5) is 12.5. The van der Waals surface area contributed by atoms with E-state index in [1.807, 2.05) is 19.9 Å². The Labute approximate surface area is 160 Å². The fourth-order valence-corrected chi connectivity index (χ4v) is 2.99. The fraction of sp³-hybridized carbons (Fsp3) is 0.409. The van der Waals surface area contributed by atoms with E-state index >= 15 is 0 Å². The van der Waals surface area contributed by atoms with Crippen LogP contribution in [0.5, 0.6) is 11.5 Å². The van der Waals surface area contributed by atoms with Crippen molar-refractivity contribution in [1.29, 1.82) is 0 Å². The highest BCUT2D eigenvalue weighted by molar-refractivity contribution is 5.81. The summed E-state index contributed by atoms with van der Waals surface area (Å²) in [7, 11) is 1.67. The average molecular weight is 373 g/mol. The first-order valence-corrected chi connectivity index (χ1v) is 9.14. The molecule has 0 aliphatic carbocycles. The van der Waals surface area contributed by atoms with Gasteiger partial charge in [0.25, 0.3) is 5.91 Å². The molecule has 0 aliphatic heterocycles. The quantitative estimate of drug-likeness (QED) is 0.750. The monoisotopic (exact) mass is 373 g/mol. The zero-order valence-corrected chi connectivity index (χ0v) is 16.8. The molecule has 146 valence electrons. The Morgan fingerprint density at radius 1 is 1.04 bits per heavy atom. The maximum absolute atomic E-state index is 13.0. The SMILES string of the molecule is COc1cc(C)c([C@H](C)NC(=O)[C@@H](C)Oc2ccc(F)cc2)cc1C(C)C. The Bertz CT molecular complexity index is 787. The van der Waals surface area contributed by atoms with E-state index in [1.54, 1.807) is 14.0 Å². The molecule has 5 heteroatoms. The van der Waals surface area contributed by atoms with Gasteiger partial charge in [0.1, 0.15) is 17.3 Å². The van der Waals surface area contributed by atoms with E-state index in [2.05, 4.69) is 25.2 Å². The van der Waals surface area contributed by atoms with Crippen LogP contribution in [0, 0.1) is 12.7 Å². The maximum Gasteiger partial charge on any atom is 0.261 e. The number of carbonyl (C=O) groups excluding carboxylic acids is 1. The van der Waals surface area contributed by atoms with E-state index < -0.39 is 6.10 Å². The first-order chi connectivity index (χ1) is 12.7. The minimum atomic E-state index is -0.693. The van der Waals surface area contributed by atoms with Crippen LogP contribution in [0.1, 0.15) is 56.3 Å². The lowest BCUT2D eigenvalue weighted by molar-refractivity contribution is -0.127. The van der Waals surface area contributed by atoms with E-state index in [4.69, 9.17) is 9.47 Å². The smallest absolute Gasteiger partial charge is 0.261 e. The second-order valence-corrected chi connectivity index (χ2v) is 7.05. The zero-order chi connectivity index (χ0) is 20.1. The molecule has 0 unspecified atom stereocenters. The van der Waals surface area contributed by atoms with E-state index in [-0.39, 0.29) is 17.8 Å². The second kappa shape index (κ2) is 8.89. The molecule has 27 heavy (non-hydrogen) atoms. The predicted molar refractivity (Wildman–Crippen MR) is 105 cm³/mol. The third-order valence-corrected chi connectivity index (χ3v) is 4.56. The van der Waals surface area contributed by atoms with Crippen molar-refractivity contribution >= 4 is 5.91 Å². The van der Waals surface area contributed by atoms with Crippen molar-refractivity contribution < 1.29 is 18.7 Å². The molecule has 0 saturated carbocycles. The van der Waals surface area contributed by atoms with Gasteiger partial charge in [-0.1, -0.05) is 13.8 Å². The summed E-state index contributed by atoms with van der Waals surface area (Å²) in [6.07, 6.45) is -0.693. The molecule has 4 nitrogen and oxygen atoms in total. The molecule has 0 radical (unpaired) electrons. The summed E-state index contributed by atoms with van der Waals surface area (Å²) in [5, 5.41) is 2.99. The largest absolute Gasteiger partial charge is 0.496 e. The average Bonchev–Trinajstić information content (AvgIpc) is 2.62. The van der Waals surface area contributed by atoms with Gasteiger partial charge in [-0.15, -0.1) is 0 Å². The lowest BCUT2D eigenvalue weighted by Crippen LogP contribution is -2.38. The number of rotatable bonds is 7. The summed E-state index contributed by atoms with van der Waals surface area (Å²) < 4.78 is 24.1. The van der Waals surface area contributed by atoms with Crippen molar-refractivity contribution in [2.75, 3.05) is 7.11 Å². The molecule has 1 N–H and O–H groups in total. The number of halogens is 1. The molecule has 0 bridgehead atoms. The number of benzene rings is 2. The molecular weight excluding hydrogens is 345 g/mol. The summed E-state index contributed by atoms with van der Waals surface area (Å²) in [5.41, 5.74) is 3.20. The number of nitrogens with one attached hydrogen (secondary N) is 1. The first kappa shape index (κ1) is 20.7. The van der Waals surface area contributed by atoms with Crippen molar-refractivity contribution in [1.82, 2.24) is 5.32 Å². The standard InChI is InChI=1S/C22H28FNO3/c1-13(2)19-12-20(14(3)11-21(19)26-6)15(4)24-22(25)16(5)27-18-9-7-17(23)8-10-18/h7-13,15-16H,1-6H3,(H,24,25)/t15-,16+/m0/s1. The van der Waals surface area contributed by atoms with Crippen molar-refractivity contribution in [2.24, 2.45) is 0 Å². The second-order valence-electron chi connectivity index (χ2n) is 7.05. The molecule has 0 heterocycles. The molecule has 2 rings (SSSR count). The summed E-state index contributed by atoms with van der Waals surface area (Å²) >= 11 is 0. The first-order valence-electron chi connectivity index (χ1n) is 9.14. The van der Waals surface area contributed by atoms with Gasteiger partial charge in [-0.3, -0.25) is 4.79 Å². The minimum absolute atomic E-state index is 0.180. The van der Waals surface area contributed by atoms with E-state index in [9.17, 15) is 9.18 Å². The maximum atomic E-state index is 13.0. The van der Waals surface area contributed by atoms with Crippen LogP contribution in [0.3, 0.4) is 0 Å². The van der Waals surface area contributed by atoms with Gasteiger partial charge in [0.05, 0.1) is 13.2 Å². The minimum Gasteiger partial charge on any atom is -0.496 e. The van der Waals surface area contributed by atoms with Crippen LogP contribution in [-0.2, 0) is 4.79 Å². The summed E-state index contributed by atoms with van der Waals surface area (Å²) in [6.45, 7) is 9.84. The molecule has 0 spiro atoms. The topological polar surface area (TPSA) is 47.6 Å². The van der Waals surface area contributed by atoms with Crippen LogP contribution in [-0.4, -0.2) is 19.1 Å². The molecule has 1 amide bonds. The highest BCUT2D eigenvalue weighted by Gasteiger charge is 2.20. The molecule has 2 aromatic rings. The summed E-state index contributed by atoms with van der Waals surface area (Å²) in [6, 6.07) is 9.53. The van der Waals surface area contributed by atoms with Crippen molar-refractivity contribution in [3.63, 3.8) is 0 Å². The molecule has 0 aliphatic rings. The van der Waals surface area contributed by atoms with Gasteiger partial charge >= 0.3 is 0 Å². The van der Waals surface area contributed by atoms with E-state index in [0.717, 1.165) is 22.4 Å². The highest BCUT2D eigenvalue weighted by atomic mass is 19.1. The number of ether oxygens (including phenoxy) is 2. The number of carbonyl (C=O) groups is 1. The van der Waals surface area contributed by atoms with Crippen LogP contribution in [0.2, 0.25) is 0 Å².